The Morgan fingerprint density at radius 1 is 1.45 bits per heavy atom. The highest BCUT2D eigenvalue weighted by Crippen LogP contribution is 2.31. The summed E-state index contributed by atoms with van der Waals surface area (Å²) in [6.07, 6.45) is 5.03. The van der Waals surface area contributed by atoms with Crippen LogP contribution in [0.3, 0.4) is 0 Å². The molecule has 2 unspecified atom stereocenters. The maximum atomic E-state index is 12.0. The van der Waals surface area contributed by atoms with E-state index in [2.05, 4.69) is 18.3 Å². The van der Waals surface area contributed by atoms with Gasteiger partial charge in [0, 0.05) is 5.25 Å². The Bertz CT molecular complexity index is 509. The van der Waals surface area contributed by atoms with E-state index < -0.39 is 0 Å². The number of rotatable bonds is 4. The van der Waals surface area contributed by atoms with Crippen molar-refractivity contribution in [1.29, 1.82) is 5.26 Å². The molecule has 20 heavy (non-hydrogen) atoms. The minimum atomic E-state index is -0.0177. The summed E-state index contributed by atoms with van der Waals surface area (Å²) in [5, 5.41) is 12.4. The molecular weight excluding hydrogens is 268 g/mol. The SMILES string of the molecule is CC1CCCC(SCC(=O)Nc2ccccc2C#N)C1. The predicted molar refractivity (Wildman–Crippen MR) is 83.7 cm³/mol. The molecule has 0 spiro atoms. The zero-order valence-corrected chi connectivity index (χ0v) is 12.6. The van der Waals surface area contributed by atoms with E-state index in [-0.39, 0.29) is 5.91 Å². The van der Waals surface area contributed by atoms with Crippen molar-refractivity contribution < 1.29 is 4.79 Å². The maximum absolute atomic E-state index is 12.0. The van der Waals surface area contributed by atoms with Crippen LogP contribution in [0.15, 0.2) is 24.3 Å². The zero-order chi connectivity index (χ0) is 14.4. The molecule has 2 atom stereocenters. The van der Waals surface area contributed by atoms with E-state index in [1.54, 1.807) is 30.0 Å². The highest BCUT2D eigenvalue weighted by molar-refractivity contribution is 8.00. The van der Waals surface area contributed by atoms with Gasteiger partial charge in [-0.2, -0.15) is 5.26 Å². The molecule has 1 fully saturated rings. The van der Waals surface area contributed by atoms with Gasteiger partial charge < -0.3 is 5.32 Å². The molecule has 1 aromatic carbocycles. The second kappa shape index (κ2) is 7.35. The smallest absolute Gasteiger partial charge is 0.234 e. The summed E-state index contributed by atoms with van der Waals surface area (Å²) in [7, 11) is 0. The van der Waals surface area contributed by atoms with Gasteiger partial charge >= 0.3 is 0 Å². The largest absolute Gasteiger partial charge is 0.324 e. The molecule has 2 rings (SSSR count). The Labute approximate surface area is 124 Å². The van der Waals surface area contributed by atoms with Gasteiger partial charge in [-0.1, -0.05) is 31.9 Å². The van der Waals surface area contributed by atoms with Gasteiger partial charge in [0.15, 0.2) is 0 Å². The lowest BCUT2D eigenvalue weighted by Crippen LogP contribution is -2.20. The molecule has 0 aromatic heterocycles. The van der Waals surface area contributed by atoms with Gasteiger partial charge in [-0.15, -0.1) is 11.8 Å². The molecule has 1 aliphatic rings. The quantitative estimate of drug-likeness (QED) is 0.916. The van der Waals surface area contributed by atoms with Crippen LogP contribution in [0.4, 0.5) is 5.69 Å². The number of carbonyl (C=O) groups is 1. The van der Waals surface area contributed by atoms with Crippen molar-refractivity contribution in [2.75, 3.05) is 11.1 Å². The number of nitriles is 1. The van der Waals surface area contributed by atoms with Gasteiger partial charge in [-0.25, -0.2) is 0 Å². The van der Waals surface area contributed by atoms with Crippen molar-refractivity contribution in [3.8, 4) is 6.07 Å². The van der Waals surface area contributed by atoms with Crippen LogP contribution >= 0.6 is 11.8 Å². The Balaban J connectivity index is 1.82. The zero-order valence-electron chi connectivity index (χ0n) is 11.8. The third kappa shape index (κ3) is 4.28. The number of para-hydroxylation sites is 1. The summed E-state index contributed by atoms with van der Waals surface area (Å²) in [6, 6.07) is 9.20. The first-order chi connectivity index (χ1) is 9.69. The standard InChI is InChI=1S/C16H20N2OS/c1-12-5-4-7-14(9-12)20-11-16(19)18-15-8-3-2-6-13(15)10-17/h2-3,6,8,12,14H,4-5,7,9,11H2,1H3,(H,18,19). The van der Waals surface area contributed by atoms with E-state index in [9.17, 15) is 4.79 Å². The number of anilines is 1. The molecule has 0 bridgehead atoms. The summed E-state index contributed by atoms with van der Waals surface area (Å²) in [6.45, 7) is 2.29. The highest BCUT2D eigenvalue weighted by atomic mass is 32.2. The molecule has 0 radical (unpaired) electrons. The lowest BCUT2D eigenvalue weighted by Gasteiger charge is -2.25. The van der Waals surface area contributed by atoms with Crippen LogP contribution in [0, 0.1) is 17.2 Å². The van der Waals surface area contributed by atoms with Gasteiger partial charge in [0.1, 0.15) is 6.07 Å². The maximum Gasteiger partial charge on any atom is 0.234 e. The summed E-state index contributed by atoms with van der Waals surface area (Å²) < 4.78 is 0. The number of hydrogen-bond acceptors (Lipinski definition) is 3. The number of amides is 1. The first-order valence-electron chi connectivity index (χ1n) is 7.09. The minimum absolute atomic E-state index is 0.0177. The van der Waals surface area contributed by atoms with Crippen molar-refractivity contribution >= 4 is 23.4 Å². The number of carbonyl (C=O) groups excluding carboxylic acids is 1. The fourth-order valence-electron chi connectivity index (χ4n) is 2.60. The predicted octanol–water partition coefficient (Wildman–Crippen LogP) is 3.81. The van der Waals surface area contributed by atoms with Gasteiger partial charge in [0.2, 0.25) is 5.91 Å². The van der Waals surface area contributed by atoms with E-state index in [0.717, 1.165) is 5.92 Å². The lowest BCUT2D eigenvalue weighted by molar-refractivity contribution is -0.113. The van der Waals surface area contributed by atoms with Gasteiger partial charge in [0.05, 0.1) is 17.0 Å². The van der Waals surface area contributed by atoms with Gasteiger partial charge in [0.25, 0.3) is 0 Å². The molecule has 1 N–H and O–H groups in total. The minimum Gasteiger partial charge on any atom is -0.324 e. The van der Waals surface area contributed by atoms with Gasteiger partial charge in [-0.3, -0.25) is 4.79 Å². The Kier molecular flexibility index (Phi) is 5.49. The van der Waals surface area contributed by atoms with Crippen LogP contribution in [-0.4, -0.2) is 16.9 Å². The fraction of sp³-hybridized carbons (Fsp3) is 0.500. The van der Waals surface area contributed by atoms with Crippen molar-refractivity contribution in [2.24, 2.45) is 5.92 Å². The number of nitrogens with one attached hydrogen (secondary N) is 1. The van der Waals surface area contributed by atoms with Crippen LogP contribution in [0.5, 0.6) is 0 Å². The van der Waals surface area contributed by atoms with Crippen molar-refractivity contribution in [1.82, 2.24) is 0 Å². The summed E-state index contributed by atoms with van der Waals surface area (Å²) >= 11 is 1.75. The number of benzene rings is 1. The third-order valence-electron chi connectivity index (χ3n) is 3.66. The van der Waals surface area contributed by atoms with Crippen molar-refractivity contribution in [3.05, 3.63) is 29.8 Å². The normalized spacial score (nSPS) is 22.0. The first-order valence-corrected chi connectivity index (χ1v) is 8.14. The van der Waals surface area contributed by atoms with Crippen molar-refractivity contribution in [2.45, 2.75) is 37.9 Å². The second-order valence-corrected chi connectivity index (χ2v) is 6.70. The summed E-state index contributed by atoms with van der Waals surface area (Å²) in [5.41, 5.74) is 1.12. The monoisotopic (exact) mass is 288 g/mol. The van der Waals surface area contributed by atoms with Crippen LogP contribution in [0.2, 0.25) is 0 Å². The molecule has 0 aliphatic heterocycles. The molecule has 1 aromatic rings. The van der Waals surface area contributed by atoms with Crippen LogP contribution in [-0.2, 0) is 4.79 Å². The number of nitrogens with zero attached hydrogens (tertiary/aromatic N) is 1. The Morgan fingerprint density at radius 2 is 2.25 bits per heavy atom. The molecule has 1 aliphatic carbocycles. The molecule has 1 saturated carbocycles. The summed E-state index contributed by atoms with van der Waals surface area (Å²) in [4.78, 5) is 12.0. The molecule has 106 valence electrons. The third-order valence-corrected chi connectivity index (χ3v) is 4.99. The fourth-order valence-corrected chi connectivity index (χ4v) is 3.86. The van der Waals surface area contributed by atoms with E-state index in [1.165, 1.54) is 25.7 Å². The molecule has 3 nitrogen and oxygen atoms in total. The van der Waals surface area contributed by atoms with Crippen LogP contribution in [0.1, 0.15) is 38.2 Å². The van der Waals surface area contributed by atoms with Crippen molar-refractivity contribution in [3.63, 3.8) is 0 Å². The van der Waals surface area contributed by atoms with E-state index in [0.29, 0.717) is 22.3 Å². The average Bonchev–Trinajstić information content (AvgIpc) is 2.46. The highest BCUT2D eigenvalue weighted by Gasteiger charge is 2.20. The molecule has 1 amide bonds. The van der Waals surface area contributed by atoms with Gasteiger partial charge in [-0.05, 0) is 30.9 Å². The Hall–Kier alpha value is -1.47. The first kappa shape index (κ1) is 14.9. The molecule has 4 heteroatoms. The topological polar surface area (TPSA) is 52.9 Å². The second-order valence-electron chi connectivity index (χ2n) is 5.41. The molecular formula is C16H20N2OS. The Morgan fingerprint density at radius 3 is 3.00 bits per heavy atom. The number of hydrogen-bond donors (Lipinski definition) is 1. The van der Waals surface area contributed by atoms with Crippen LogP contribution < -0.4 is 5.32 Å². The van der Waals surface area contributed by atoms with E-state index in [4.69, 9.17) is 5.26 Å². The van der Waals surface area contributed by atoms with E-state index >= 15 is 0 Å². The lowest BCUT2D eigenvalue weighted by atomic mass is 9.91. The average molecular weight is 288 g/mol. The number of thioether (sulfide) groups is 1. The molecule has 0 saturated heterocycles. The summed E-state index contributed by atoms with van der Waals surface area (Å²) in [5.74, 6) is 1.23. The molecule has 0 heterocycles. The van der Waals surface area contributed by atoms with Crippen LogP contribution in [0.25, 0.3) is 0 Å². The van der Waals surface area contributed by atoms with E-state index in [1.807, 2.05) is 6.07 Å².